The SMILES string of the molecule is O=[S+]N(S(=O)(=O)C(F)(F)F)S(=O)(=O)C(F)(F)F.[Li]. The third-order valence-electron chi connectivity index (χ3n) is 1.04. The topological polar surface area (TPSA) is 88.6 Å². The van der Waals surface area contributed by atoms with Crippen LogP contribution in [0.15, 0.2) is 0 Å². The van der Waals surface area contributed by atoms with Crippen LogP contribution in [0, 0.1) is 0 Å². The molecule has 0 saturated heterocycles. The van der Waals surface area contributed by atoms with E-state index in [2.05, 4.69) is 0 Å². The van der Waals surface area contributed by atoms with Crippen molar-refractivity contribution in [2.24, 2.45) is 0 Å². The molecule has 0 amide bonds. The molecule has 0 saturated carbocycles. The molecule has 1 radical (unpaired) electrons. The predicted octanol–water partition coefficient (Wildman–Crippen LogP) is -0.0501. The number of hydrogen-bond donors (Lipinski definition) is 0. The molecule has 0 atom stereocenters. The predicted molar refractivity (Wildman–Crippen MR) is 45.6 cm³/mol. The number of hydrogen-bond acceptors (Lipinski definition) is 5. The standard InChI is InChI=1S/C2F6NO5S3.Li/c3-1(4,5)16(11,12)9(15-10)17(13,14)2(6,7)8;/q+1;. The molecule has 18 heavy (non-hydrogen) atoms. The zero-order valence-corrected chi connectivity index (χ0v) is 10.4. The van der Waals surface area contributed by atoms with Crippen LogP contribution in [-0.2, 0) is 36.1 Å². The van der Waals surface area contributed by atoms with Gasteiger partial charge in [-0.3, -0.25) is 0 Å². The van der Waals surface area contributed by atoms with Crippen molar-refractivity contribution in [3.8, 4) is 0 Å². The van der Waals surface area contributed by atoms with Crippen LogP contribution in [0.4, 0.5) is 26.3 Å². The summed E-state index contributed by atoms with van der Waals surface area (Å²) < 4.78 is 120. The van der Waals surface area contributed by atoms with Crippen molar-refractivity contribution in [3.05, 3.63) is 0 Å². The zero-order chi connectivity index (χ0) is 14.3. The number of halogens is 6. The van der Waals surface area contributed by atoms with Crippen molar-refractivity contribution in [2.75, 3.05) is 0 Å². The molecule has 0 aliphatic heterocycles. The quantitative estimate of drug-likeness (QED) is 0.312. The molecule has 0 rings (SSSR count). The van der Waals surface area contributed by atoms with Gasteiger partial charge in [0, 0.05) is 18.9 Å². The maximum Gasteiger partial charge on any atom is 0.624 e. The van der Waals surface area contributed by atoms with Gasteiger partial charge in [-0.05, 0) is 0 Å². The first-order chi connectivity index (χ1) is 7.19. The minimum Gasteiger partial charge on any atom is -0.197 e. The summed E-state index contributed by atoms with van der Waals surface area (Å²) in [5.41, 5.74) is -12.7. The third-order valence-corrected chi connectivity index (χ3v) is 5.84. The van der Waals surface area contributed by atoms with E-state index >= 15 is 0 Å². The van der Waals surface area contributed by atoms with Crippen LogP contribution < -0.4 is 0 Å². The van der Waals surface area contributed by atoms with Gasteiger partial charge in [-0.25, -0.2) is 0 Å². The Labute approximate surface area is 112 Å². The molecule has 16 heteroatoms. The number of rotatable bonds is 3. The summed E-state index contributed by atoms with van der Waals surface area (Å²) in [6, 6.07) is 0. The summed E-state index contributed by atoms with van der Waals surface area (Å²) in [5, 5.41) is 0. The average Bonchev–Trinajstić information content (AvgIpc) is 1.99. The normalized spacial score (nSPS) is 14.2. The Kier molecular flexibility index (Phi) is 6.32. The summed E-state index contributed by atoms with van der Waals surface area (Å²) in [6.45, 7) is 0. The molecule has 103 valence electrons. The van der Waals surface area contributed by atoms with Crippen LogP contribution in [0.5, 0.6) is 0 Å². The van der Waals surface area contributed by atoms with Gasteiger partial charge >= 0.3 is 42.9 Å². The summed E-state index contributed by atoms with van der Waals surface area (Å²) in [6.07, 6.45) is 0. The summed E-state index contributed by atoms with van der Waals surface area (Å²) in [4.78, 5) is 0. The second kappa shape index (κ2) is 5.59. The maximum atomic E-state index is 11.8. The Morgan fingerprint density at radius 3 is 1.11 bits per heavy atom. The molecule has 0 aliphatic carbocycles. The van der Waals surface area contributed by atoms with Gasteiger partial charge in [0.2, 0.25) is 3.12 Å². The molecule has 0 aromatic heterocycles. The van der Waals surface area contributed by atoms with Crippen molar-refractivity contribution in [1.82, 2.24) is 3.12 Å². The van der Waals surface area contributed by atoms with E-state index in [1.165, 1.54) is 0 Å². The average molecular weight is 335 g/mol. The molecule has 0 fully saturated rings. The molecule has 0 unspecified atom stereocenters. The Balaban J connectivity index is 0. The van der Waals surface area contributed by atoms with Crippen molar-refractivity contribution >= 4 is 50.8 Å². The van der Waals surface area contributed by atoms with E-state index < -0.39 is 46.0 Å². The first-order valence-corrected chi connectivity index (χ1v) is 6.50. The van der Waals surface area contributed by atoms with Gasteiger partial charge in [0.05, 0.1) is 4.21 Å². The van der Waals surface area contributed by atoms with E-state index in [-0.39, 0.29) is 18.9 Å². The van der Waals surface area contributed by atoms with Crippen LogP contribution in [0.25, 0.3) is 0 Å². The van der Waals surface area contributed by atoms with Crippen molar-refractivity contribution in [1.29, 1.82) is 0 Å². The molecule has 6 nitrogen and oxygen atoms in total. The van der Waals surface area contributed by atoms with Crippen LogP contribution in [0.2, 0.25) is 0 Å². The Morgan fingerprint density at radius 2 is 1.00 bits per heavy atom. The third kappa shape index (κ3) is 3.54. The van der Waals surface area contributed by atoms with Crippen molar-refractivity contribution < 1.29 is 47.4 Å². The molecular weight excluding hydrogens is 335 g/mol. The molecule has 0 aromatic rings. The van der Waals surface area contributed by atoms with Gasteiger partial charge in [0.25, 0.3) is 0 Å². The molecular formula is C2F6LiNO5S3+. The van der Waals surface area contributed by atoms with Gasteiger partial charge < -0.3 is 0 Å². The summed E-state index contributed by atoms with van der Waals surface area (Å²) in [7, 11) is -13.9. The Hall–Kier alpha value is 0.0574. The van der Waals surface area contributed by atoms with E-state index in [1.807, 2.05) is 0 Å². The molecule has 0 heterocycles. The van der Waals surface area contributed by atoms with Gasteiger partial charge in [-0.1, -0.05) is 0 Å². The van der Waals surface area contributed by atoms with Gasteiger partial charge in [0.15, 0.2) is 0 Å². The van der Waals surface area contributed by atoms with E-state index in [1.54, 1.807) is 0 Å². The van der Waals surface area contributed by atoms with E-state index in [9.17, 15) is 47.4 Å². The molecule has 0 bridgehead atoms. The van der Waals surface area contributed by atoms with E-state index in [4.69, 9.17) is 0 Å². The summed E-state index contributed by atoms with van der Waals surface area (Å²) >= 11 is -2.00. The fourth-order valence-electron chi connectivity index (χ4n) is 0.378. The van der Waals surface area contributed by atoms with Crippen molar-refractivity contribution in [3.63, 3.8) is 0 Å². The second-order valence-electron chi connectivity index (χ2n) is 2.14. The van der Waals surface area contributed by atoms with Crippen LogP contribution in [0.1, 0.15) is 0 Å². The maximum absolute atomic E-state index is 11.8. The smallest absolute Gasteiger partial charge is 0.197 e. The van der Waals surface area contributed by atoms with Crippen LogP contribution in [0.3, 0.4) is 0 Å². The second-order valence-corrected chi connectivity index (χ2v) is 6.90. The van der Waals surface area contributed by atoms with E-state index in [0.29, 0.717) is 0 Å². The zero-order valence-electron chi connectivity index (χ0n) is 7.98. The Bertz CT molecular complexity index is 460. The molecule has 0 aliphatic rings. The minimum atomic E-state index is -6.95. The number of sulfonamides is 2. The monoisotopic (exact) mass is 335 g/mol. The van der Waals surface area contributed by atoms with Crippen LogP contribution in [-0.4, -0.2) is 49.8 Å². The Morgan fingerprint density at radius 1 is 0.778 bits per heavy atom. The van der Waals surface area contributed by atoms with Gasteiger partial charge in [0.1, 0.15) is 0 Å². The fraction of sp³-hybridized carbons (Fsp3) is 1.00. The van der Waals surface area contributed by atoms with Gasteiger partial charge in [-0.15, -0.1) is 0 Å². The van der Waals surface area contributed by atoms with E-state index in [0.717, 1.165) is 0 Å². The van der Waals surface area contributed by atoms with Crippen LogP contribution >= 0.6 is 0 Å². The molecule has 0 spiro atoms. The largest absolute Gasteiger partial charge is 0.624 e. The first kappa shape index (κ1) is 20.4. The fourth-order valence-corrected chi connectivity index (χ4v) is 3.40. The first-order valence-electron chi connectivity index (χ1n) is 2.92. The molecule has 0 N–H and O–H groups in total. The van der Waals surface area contributed by atoms with Crippen molar-refractivity contribution in [2.45, 2.75) is 11.0 Å². The molecule has 0 aromatic carbocycles. The summed E-state index contributed by atoms with van der Waals surface area (Å²) in [5.74, 6) is 0. The van der Waals surface area contributed by atoms with Gasteiger partial charge in [-0.2, -0.15) is 43.2 Å². The minimum absolute atomic E-state index is 0. The number of alkyl halides is 6. The number of nitrogens with zero attached hydrogens (tertiary/aromatic N) is 1.